The van der Waals surface area contributed by atoms with Crippen molar-refractivity contribution < 1.29 is 22.8 Å². The molecular formula is C23H20N4O5S. The van der Waals surface area contributed by atoms with E-state index in [1.165, 1.54) is 43.5 Å². The third-order valence-electron chi connectivity index (χ3n) is 5.22. The topological polar surface area (TPSA) is 154 Å². The number of fused-ring (bicyclic) bond motifs is 1. The molecule has 1 amide bonds. The summed E-state index contributed by atoms with van der Waals surface area (Å²) in [6, 6.07) is 12.1. The zero-order valence-electron chi connectivity index (χ0n) is 17.5. The molecule has 1 aliphatic rings. The molecule has 0 spiro atoms. The van der Waals surface area contributed by atoms with Crippen molar-refractivity contribution in [2.24, 2.45) is 5.73 Å². The van der Waals surface area contributed by atoms with Gasteiger partial charge in [-0.25, -0.2) is 12.4 Å². The fraction of sp³-hybridized carbons (Fsp3) is 0.0870. The van der Waals surface area contributed by atoms with Crippen LogP contribution in [-0.2, 0) is 19.6 Å². The van der Waals surface area contributed by atoms with Gasteiger partial charge in [-0.3, -0.25) is 14.4 Å². The fourth-order valence-electron chi connectivity index (χ4n) is 3.62. The number of Topliss-reactive ketones (excluding diaryl/α,β-unsaturated/α-hetero) is 2. The number of nitrogen functional groups attached to an aromatic ring is 1. The van der Waals surface area contributed by atoms with Crippen molar-refractivity contribution in [3.05, 3.63) is 71.6 Å². The number of carbonyl (C=O) groups is 3. The van der Waals surface area contributed by atoms with E-state index in [-0.39, 0.29) is 39.7 Å². The molecule has 2 aromatic carbocycles. The smallest absolute Gasteiger partial charge is 0.268 e. The Kier molecular flexibility index (Phi) is 5.48. The van der Waals surface area contributed by atoms with Crippen LogP contribution in [0.5, 0.6) is 0 Å². The maximum atomic E-state index is 13.4. The van der Waals surface area contributed by atoms with Crippen LogP contribution >= 0.6 is 0 Å². The van der Waals surface area contributed by atoms with Crippen molar-refractivity contribution in [3.63, 3.8) is 0 Å². The molecule has 0 radical (unpaired) electrons. The Morgan fingerprint density at radius 3 is 2.21 bits per heavy atom. The first-order valence-corrected chi connectivity index (χ1v) is 11.3. The number of amides is 1. The van der Waals surface area contributed by atoms with E-state index in [0.717, 1.165) is 3.97 Å². The Balaban J connectivity index is 1.95. The fourth-order valence-corrected chi connectivity index (χ4v) is 4.98. The lowest BCUT2D eigenvalue weighted by Gasteiger charge is -2.14. The van der Waals surface area contributed by atoms with E-state index in [0.29, 0.717) is 16.9 Å². The second-order valence-corrected chi connectivity index (χ2v) is 9.28. The molecule has 0 unspecified atom stereocenters. The molecule has 5 N–H and O–H groups in total. The van der Waals surface area contributed by atoms with Crippen LogP contribution in [0.25, 0.3) is 17.2 Å². The van der Waals surface area contributed by atoms with Crippen molar-refractivity contribution in [3.8, 4) is 11.1 Å². The minimum atomic E-state index is -4.13. The molecule has 0 aliphatic heterocycles. The van der Waals surface area contributed by atoms with Gasteiger partial charge in [-0.1, -0.05) is 12.1 Å². The summed E-state index contributed by atoms with van der Waals surface area (Å²) in [4.78, 5) is 36.8. The van der Waals surface area contributed by atoms with Gasteiger partial charge in [0.2, 0.25) is 17.5 Å². The van der Waals surface area contributed by atoms with Crippen molar-refractivity contribution in [2.75, 3.05) is 17.6 Å². The number of benzene rings is 2. The summed E-state index contributed by atoms with van der Waals surface area (Å²) in [5, 5.41) is 2.64. The predicted octanol–water partition coefficient (Wildman–Crippen LogP) is 2.04. The van der Waals surface area contributed by atoms with Gasteiger partial charge in [-0.05, 0) is 48.0 Å². The molecule has 33 heavy (non-hydrogen) atoms. The Morgan fingerprint density at radius 2 is 1.64 bits per heavy atom. The number of carbonyl (C=O) groups excluding carboxylic acids is 3. The molecule has 0 saturated carbocycles. The Bertz CT molecular complexity index is 1430. The van der Waals surface area contributed by atoms with Crippen molar-refractivity contribution in [1.82, 2.24) is 3.97 Å². The van der Waals surface area contributed by atoms with E-state index in [2.05, 4.69) is 5.32 Å². The maximum absolute atomic E-state index is 13.4. The lowest BCUT2D eigenvalue weighted by Crippen LogP contribution is -2.27. The van der Waals surface area contributed by atoms with Crippen molar-refractivity contribution >= 4 is 44.9 Å². The monoisotopic (exact) mass is 464 g/mol. The highest BCUT2D eigenvalue weighted by molar-refractivity contribution is 7.90. The van der Waals surface area contributed by atoms with E-state index in [1.54, 1.807) is 24.3 Å². The number of nitrogens with zero attached hydrogens (tertiary/aromatic N) is 1. The van der Waals surface area contributed by atoms with Crippen molar-refractivity contribution in [1.29, 1.82) is 0 Å². The second-order valence-electron chi connectivity index (χ2n) is 7.46. The third-order valence-corrected chi connectivity index (χ3v) is 6.91. The minimum absolute atomic E-state index is 0.0203. The summed E-state index contributed by atoms with van der Waals surface area (Å²) in [6.07, 6.45) is 2.65. The second kappa shape index (κ2) is 8.15. The van der Waals surface area contributed by atoms with E-state index < -0.39 is 21.6 Å². The zero-order valence-corrected chi connectivity index (χ0v) is 18.3. The molecule has 9 nitrogen and oxygen atoms in total. The number of ketones is 2. The molecule has 0 atom stereocenters. The number of hydrogen-bond donors (Lipinski definition) is 3. The standard InChI is InChI=1S/C23H20N4O5S/c1-13(28)26-17-6-2-14(3-7-17)19-12-27(33(31,32)18-8-4-16(25)5-9-18)20-10-15(11-24)22(29)23(30)21(19)20/h2-10,12H,11,24-25H2,1H3,(H,26,28). The molecule has 1 heterocycles. The number of nitrogens with two attached hydrogens (primary N) is 2. The first-order chi connectivity index (χ1) is 15.6. The Hall–Kier alpha value is -4.02. The SMILES string of the molecule is CC(=O)Nc1ccc(-c2cn(S(=O)(=O)c3ccc(N)cc3)c3c2C(=O)C(=O)C(CN)=C3)cc1. The van der Waals surface area contributed by atoms with Gasteiger partial charge in [0, 0.05) is 42.2 Å². The van der Waals surface area contributed by atoms with E-state index >= 15 is 0 Å². The molecule has 10 heteroatoms. The van der Waals surface area contributed by atoms with Crippen LogP contribution in [-0.4, -0.2) is 36.4 Å². The molecule has 0 fully saturated rings. The normalized spacial score (nSPS) is 13.5. The number of aromatic nitrogens is 1. The molecule has 0 bridgehead atoms. The van der Waals surface area contributed by atoms with Gasteiger partial charge < -0.3 is 16.8 Å². The molecule has 168 valence electrons. The van der Waals surface area contributed by atoms with Gasteiger partial charge in [0.25, 0.3) is 10.0 Å². The molecular weight excluding hydrogens is 444 g/mol. The number of nitrogens with one attached hydrogen (secondary N) is 1. The highest BCUT2D eigenvalue weighted by Gasteiger charge is 2.35. The van der Waals surface area contributed by atoms with E-state index in [1.807, 2.05) is 0 Å². The zero-order chi connectivity index (χ0) is 23.9. The van der Waals surface area contributed by atoms with Gasteiger partial charge >= 0.3 is 0 Å². The van der Waals surface area contributed by atoms with Gasteiger partial charge in [-0.15, -0.1) is 0 Å². The Morgan fingerprint density at radius 1 is 1.00 bits per heavy atom. The minimum Gasteiger partial charge on any atom is -0.399 e. The van der Waals surface area contributed by atoms with Crippen LogP contribution in [0, 0.1) is 0 Å². The number of rotatable bonds is 5. The summed E-state index contributed by atoms with van der Waals surface area (Å²) < 4.78 is 27.9. The third kappa shape index (κ3) is 3.86. The first kappa shape index (κ1) is 22.2. The summed E-state index contributed by atoms with van der Waals surface area (Å²) in [5.74, 6) is -1.86. The van der Waals surface area contributed by atoms with Gasteiger partial charge in [0.1, 0.15) is 0 Å². The molecule has 3 aromatic rings. The van der Waals surface area contributed by atoms with E-state index in [4.69, 9.17) is 11.5 Å². The van der Waals surface area contributed by atoms with Crippen LogP contribution in [0.15, 0.2) is 65.2 Å². The summed E-state index contributed by atoms with van der Waals surface area (Å²) in [5.41, 5.74) is 13.0. The molecule has 4 rings (SSSR count). The maximum Gasteiger partial charge on any atom is 0.268 e. The van der Waals surface area contributed by atoms with Crippen LogP contribution in [0.4, 0.5) is 11.4 Å². The summed E-state index contributed by atoms with van der Waals surface area (Å²) in [7, 11) is -4.13. The lowest BCUT2D eigenvalue weighted by molar-refractivity contribution is -0.114. The van der Waals surface area contributed by atoms with Gasteiger partial charge in [0.05, 0.1) is 16.2 Å². The number of hydrogen-bond acceptors (Lipinski definition) is 7. The summed E-state index contributed by atoms with van der Waals surface area (Å²) >= 11 is 0. The first-order valence-electron chi connectivity index (χ1n) is 9.87. The molecule has 0 saturated heterocycles. The largest absolute Gasteiger partial charge is 0.399 e. The van der Waals surface area contributed by atoms with E-state index in [9.17, 15) is 22.8 Å². The highest BCUT2D eigenvalue weighted by Crippen LogP contribution is 2.36. The van der Waals surface area contributed by atoms with Gasteiger partial charge in [0.15, 0.2) is 0 Å². The average molecular weight is 465 g/mol. The highest BCUT2D eigenvalue weighted by atomic mass is 32.2. The average Bonchev–Trinajstić information content (AvgIpc) is 3.17. The van der Waals surface area contributed by atoms with Gasteiger partial charge in [-0.2, -0.15) is 0 Å². The predicted molar refractivity (Wildman–Crippen MR) is 124 cm³/mol. The van der Waals surface area contributed by atoms with Crippen LogP contribution < -0.4 is 16.8 Å². The molecule has 1 aromatic heterocycles. The van der Waals surface area contributed by atoms with Crippen LogP contribution in [0.1, 0.15) is 23.0 Å². The Labute approximate surface area is 189 Å². The van der Waals surface area contributed by atoms with Crippen LogP contribution in [0.2, 0.25) is 0 Å². The summed E-state index contributed by atoms with van der Waals surface area (Å²) in [6.45, 7) is 1.16. The number of anilines is 2. The van der Waals surface area contributed by atoms with Crippen LogP contribution in [0.3, 0.4) is 0 Å². The van der Waals surface area contributed by atoms with Crippen molar-refractivity contribution in [2.45, 2.75) is 11.8 Å². The quantitative estimate of drug-likeness (QED) is 0.385. The lowest BCUT2D eigenvalue weighted by atomic mass is 9.90. The molecule has 1 aliphatic carbocycles.